The zero-order valence-corrected chi connectivity index (χ0v) is 13.7. The first kappa shape index (κ1) is 16.7. The standard InChI is InChI=1S/C21H19NO3/c23-14-16-10-12-18(13-11-16)25-15-21(24)22-20-9-5-4-8-19(20)17-6-2-1-3-7-17/h1-13,23H,14-15H2,(H,22,24). The summed E-state index contributed by atoms with van der Waals surface area (Å²) in [6.45, 7) is -0.0986. The van der Waals surface area contributed by atoms with Crippen molar-refractivity contribution in [3.05, 3.63) is 84.4 Å². The average Bonchev–Trinajstić information content (AvgIpc) is 2.68. The van der Waals surface area contributed by atoms with Gasteiger partial charge < -0.3 is 15.2 Å². The van der Waals surface area contributed by atoms with Crippen LogP contribution < -0.4 is 10.1 Å². The summed E-state index contributed by atoms with van der Waals surface area (Å²) in [5.41, 5.74) is 3.55. The minimum Gasteiger partial charge on any atom is -0.484 e. The SMILES string of the molecule is O=C(COc1ccc(CO)cc1)Nc1ccccc1-c1ccccc1. The quantitative estimate of drug-likeness (QED) is 0.720. The maximum Gasteiger partial charge on any atom is 0.262 e. The van der Waals surface area contributed by atoms with Gasteiger partial charge in [-0.2, -0.15) is 0 Å². The van der Waals surface area contributed by atoms with Crippen LogP contribution in [0.4, 0.5) is 5.69 Å². The highest BCUT2D eigenvalue weighted by atomic mass is 16.5. The van der Waals surface area contributed by atoms with Crippen molar-refractivity contribution in [2.45, 2.75) is 6.61 Å². The van der Waals surface area contributed by atoms with E-state index in [4.69, 9.17) is 9.84 Å². The first-order chi connectivity index (χ1) is 12.3. The van der Waals surface area contributed by atoms with E-state index in [1.807, 2.05) is 54.6 Å². The molecule has 4 nitrogen and oxygen atoms in total. The summed E-state index contributed by atoms with van der Waals surface area (Å²) in [7, 11) is 0. The van der Waals surface area contributed by atoms with Crippen LogP contribution in [0.25, 0.3) is 11.1 Å². The Morgan fingerprint density at radius 3 is 2.28 bits per heavy atom. The Labute approximate surface area is 146 Å². The molecule has 0 aliphatic heterocycles. The van der Waals surface area contributed by atoms with Crippen LogP contribution in [0.15, 0.2) is 78.9 Å². The second kappa shape index (κ2) is 8.13. The highest BCUT2D eigenvalue weighted by molar-refractivity contribution is 5.96. The lowest BCUT2D eigenvalue weighted by atomic mass is 10.0. The van der Waals surface area contributed by atoms with Gasteiger partial charge in [-0.1, -0.05) is 60.7 Å². The minimum absolute atomic E-state index is 0.0168. The fourth-order valence-electron chi connectivity index (χ4n) is 2.49. The average molecular weight is 333 g/mol. The van der Waals surface area contributed by atoms with Gasteiger partial charge >= 0.3 is 0 Å². The van der Waals surface area contributed by atoms with Gasteiger partial charge in [0.05, 0.1) is 6.61 Å². The number of ether oxygens (including phenoxy) is 1. The van der Waals surface area contributed by atoms with Gasteiger partial charge in [0.15, 0.2) is 6.61 Å². The van der Waals surface area contributed by atoms with Gasteiger partial charge in [0.1, 0.15) is 5.75 Å². The molecule has 0 heterocycles. The Morgan fingerprint density at radius 2 is 1.56 bits per heavy atom. The Balaban J connectivity index is 1.65. The number of carbonyl (C=O) groups is 1. The molecule has 0 atom stereocenters. The molecule has 126 valence electrons. The van der Waals surface area contributed by atoms with Crippen LogP contribution in [0, 0.1) is 0 Å². The lowest BCUT2D eigenvalue weighted by molar-refractivity contribution is -0.118. The molecule has 0 saturated heterocycles. The molecule has 1 amide bonds. The van der Waals surface area contributed by atoms with E-state index in [1.54, 1.807) is 24.3 Å². The number of nitrogens with one attached hydrogen (secondary N) is 1. The zero-order valence-electron chi connectivity index (χ0n) is 13.7. The van der Waals surface area contributed by atoms with E-state index < -0.39 is 0 Å². The van der Waals surface area contributed by atoms with Crippen molar-refractivity contribution in [3.8, 4) is 16.9 Å². The molecule has 3 rings (SSSR count). The van der Waals surface area contributed by atoms with Crippen LogP contribution in [0.5, 0.6) is 5.75 Å². The summed E-state index contributed by atoms with van der Waals surface area (Å²) in [6.07, 6.45) is 0. The Morgan fingerprint density at radius 1 is 0.880 bits per heavy atom. The molecule has 3 aromatic carbocycles. The van der Waals surface area contributed by atoms with Crippen molar-refractivity contribution in [2.75, 3.05) is 11.9 Å². The number of amides is 1. The van der Waals surface area contributed by atoms with Crippen molar-refractivity contribution < 1.29 is 14.6 Å². The first-order valence-corrected chi connectivity index (χ1v) is 8.03. The number of aliphatic hydroxyl groups excluding tert-OH is 1. The highest BCUT2D eigenvalue weighted by Gasteiger charge is 2.08. The number of carbonyl (C=O) groups excluding carboxylic acids is 1. The Kier molecular flexibility index (Phi) is 5.44. The summed E-state index contributed by atoms with van der Waals surface area (Å²) in [5, 5.41) is 11.9. The third kappa shape index (κ3) is 4.46. The van der Waals surface area contributed by atoms with Gasteiger partial charge in [0.25, 0.3) is 5.91 Å². The fourth-order valence-corrected chi connectivity index (χ4v) is 2.49. The maximum absolute atomic E-state index is 12.2. The van der Waals surface area contributed by atoms with Crippen molar-refractivity contribution >= 4 is 11.6 Å². The lowest BCUT2D eigenvalue weighted by Gasteiger charge is -2.12. The molecule has 0 fully saturated rings. The van der Waals surface area contributed by atoms with Crippen LogP contribution >= 0.6 is 0 Å². The molecule has 0 aliphatic rings. The second-order valence-corrected chi connectivity index (χ2v) is 5.55. The second-order valence-electron chi connectivity index (χ2n) is 5.55. The Hall–Kier alpha value is -3.11. The molecule has 0 aliphatic carbocycles. The molecule has 25 heavy (non-hydrogen) atoms. The van der Waals surface area contributed by atoms with E-state index in [0.717, 1.165) is 22.4 Å². The molecule has 0 saturated carbocycles. The molecule has 2 N–H and O–H groups in total. The van der Waals surface area contributed by atoms with E-state index >= 15 is 0 Å². The van der Waals surface area contributed by atoms with Gasteiger partial charge in [-0.15, -0.1) is 0 Å². The fraction of sp³-hybridized carbons (Fsp3) is 0.0952. The topological polar surface area (TPSA) is 58.6 Å². The van der Waals surface area contributed by atoms with Gasteiger partial charge in [-0.3, -0.25) is 4.79 Å². The maximum atomic E-state index is 12.2. The summed E-state index contributed by atoms with van der Waals surface area (Å²) in [4.78, 5) is 12.2. The highest BCUT2D eigenvalue weighted by Crippen LogP contribution is 2.27. The van der Waals surface area contributed by atoms with Crippen LogP contribution in [0.1, 0.15) is 5.56 Å². The summed E-state index contributed by atoms with van der Waals surface area (Å²) >= 11 is 0. The van der Waals surface area contributed by atoms with Gasteiger partial charge in [0.2, 0.25) is 0 Å². The third-order valence-electron chi connectivity index (χ3n) is 3.76. The third-order valence-corrected chi connectivity index (χ3v) is 3.76. The number of hydrogen-bond donors (Lipinski definition) is 2. The Bertz CT molecular complexity index is 829. The molecule has 0 radical (unpaired) electrons. The van der Waals surface area contributed by atoms with E-state index in [1.165, 1.54) is 0 Å². The molecule has 0 spiro atoms. The summed E-state index contributed by atoms with van der Waals surface area (Å²) < 4.78 is 5.49. The normalized spacial score (nSPS) is 10.3. The van der Waals surface area contributed by atoms with E-state index in [9.17, 15) is 4.79 Å². The number of para-hydroxylation sites is 1. The number of anilines is 1. The van der Waals surface area contributed by atoms with E-state index in [2.05, 4.69) is 5.32 Å². The van der Waals surface area contributed by atoms with Crippen molar-refractivity contribution in [1.82, 2.24) is 0 Å². The van der Waals surface area contributed by atoms with Crippen LogP contribution in [-0.2, 0) is 11.4 Å². The largest absolute Gasteiger partial charge is 0.484 e. The predicted octanol–water partition coefficient (Wildman–Crippen LogP) is 3.86. The molecule has 0 unspecified atom stereocenters. The molecule has 0 aromatic heterocycles. The molecular weight excluding hydrogens is 314 g/mol. The zero-order chi connectivity index (χ0) is 17.5. The van der Waals surface area contributed by atoms with Crippen molar-refractivity contribution in [3.63, 3.8) is 0 Å². The summed E-state index contributed by atoms with van der Waals surface area (Å²) in [5.74, 6) is 0.360. The number of aliphatic hydroxyl groups is 1. The summed E-state index contributed by atoms with van der Waals surface area (Å²) in [6, 6.07) is 24.6. The van der Waals surface area contributed by atoms with Crippen LogP contribution in [-0.4, -0.2) is 17.6 Å². The monoisotopic (exact) mass is 333 g/mol. The molecule has 3 aromatic rings. The van der Waals surface area contributed by atoms with Gasteiger partial charge in [-0.05, 0) is 29.3 Å². The van der Waals surface area contributed by atoms with E-state index in [-0.39, 0.29) is 19.1 Å². The number of hydrogen-bond acceptors (Lipinski definition) is 3. The first-order valence-electron chi connectivity index (χ1n) is 8.03. The predicted molar refractivity (Wildman–Crippen MR) is 98.4 cm³/mol. The lowest BCUT2D eigenvalue weighted by Crippen LogP contribution is -2.20. The van der Waals surface area contributed by atoms with Crippen LogP contribution in [0.3, 0.4) is 0 Å². The van der Waals surface area contributed by atoms with Crippen molar-refractivity contribution in [2.24, 2.45) is 0 Å². The van der Waals surface area contributed by atoms with Crippen molar-refractivity contribution in [1.29, 1.82) is 0 Å². The smallest absolute Gasteiger partial charge is 0.262 e. The van der Waals surface area contributed by atoms with Gasteiger partial charge in [-0.25, -0.2) is 0 Å². The molecule has 0 bridgehead atoms. The molecule has 4 heteroatoms. The minimum atomic E-state index is -0.227. The number of rotatable bonds is 6. The molecular formula is C21H19NO3. The van der Waals surface area contributed by atoms with Crippen LogP contribution in [0.2, 0.25) is 0 Å². The number of benzene rings is 3. The van der Waals surface area contributed by atoms with E-state index in [0.29, 0.717) is 5.75 Å². The van der Waals surface area contributed by atoms with Gasteiger partial charge in [0, 0.05) is 11.3 Å².